The summed E-state index contributed by atoms with van der Waals surface area (Å²) in [4.78, 5) is 17.4. The molecule has 0 spiro atoms. The van der Waals surface area contributed by atoms with Crippen LogP contribution in [-0.4, -0.2) is 27.8 Å². The number of nitrogens with zero attached hydrogens (tertiary/aromatic N) is 2. The monoisotopic (exact) mass is 511 g/mol. The standard InChI is InChI=1S/C32H37N3OS/c1-2-3-24-35-31(28-19-11-6-12-20-28)30(27-17-9-5-10-18-27)34-32(35)37-25-14-13-21-29(36)33-23-22-26-15-7-4-8-16-26/h4-12,15-20H,2-3,13-14,21-25H2,1H3,(H,33,36). The Hall–Kier alpha value is -3.31. The molecule has 0 aliphatic heterocycles. The second-order valence-corrected chi connectivity index (χ2v) is 10.3. The number of nitrogens with one attached hydrogen (secondary N) is 1. The van der Waals surface area contributed by atoms with Crippen molar-refractivity contribution in [2.75, 3.05) is 12.3 Å². The van der Waals surface area contributed by atoms with Crippen molar-refractivity contribution in [3.63, 3.8) is 0 Å². The Kier molecular flexibility index (Phi) is 10.4. The highest BCUT2D eigenvalue weighted by molar-refractivity contribution is 7.99. The molecule has 0 fully saturated rings. The van der Waals surface area contributed by atoms with Crippen LogP contribution in [-0.2, 0) is 17.8 Å². The Balaban J connectivity index is 1.37. The molecule has 0 bridgehead atoms. The number of thioether (sulfide) groups is 1. The molecule has 1 N–H and O–H groups in total. The Bertz CT molecular complexity index is 1220. The third kappa shape index (κ3) is 7.83. The average molecular weight is 512 g/mol. The number of hydrogen-bond donors (Lipinski definition) is 1. The molecule has 0 saturated heterocycles. The number of carbonyl (C=O) groups is 1. The van der Waals surface area contributed by atoms with Gasteiger partial charge in [0, 0.05) is 36.4 Å². The van der Waals surface area contributed by atoms with Crippen molar-refractivity contribution < 1.29 is 4.79 Å². The molecule has 0 saturated carbocycles. The van der Waals surface area contributed by atoms with Crippen molar-refractivity contribution in [3.05, 3.63) is 96.6 Å². The summed E-state index contributed by atoms with van der Waals surface area (Å²) < 4.78 is 2.40. The lowest BCUT2D eigenvalue weighted by molar-refractivity contribution is -0.121. The van der Waals surface area contributed by atoms with E-state index in [-0.39, 0.29) is 5.91 Å². The van der Waals surface area contributed by atoms with Crippen LogP contribution in [0, 0.1) is 0 Å². The summed E-state index contributed by atoms with van der Waals surface area (Å²) in [5.41, 5.74) is 5.83. The van der Waals surface area contributed by atoms with Crippen LogP contribution < -0.4 is 5.32 Å². The topological polar surface area (TPSA) is 46.9 Å². The molecule has 4 rings (SSSR count). The van der Waals surface area contributed by atoms with Gasteiger partial charge in [0.05, 0.1) is 11.4 Å². The Morgan fingerprint density at radius 2 is 1.49 bits per heavy atom. The lowest BCUT2D eigenvalue weighted by Crippen LogP contribution is -2.25. The molecule has 0 aliphatic rings. The lowest BCUT2D eigenvalue weighted by atomic mass is 10.0. The number of unbranched alkanes of at least 4 members (excludes halogenated alkanes) is 2. The van der Waals surface area contributed by atoms with Gasteiger partial charge >= 0.3 is 0 Å². The maximum Gasteiger partial charge on any atom is 0.220 e. The zero-order valence-corrected chi connectivity index (χ0v) is 22.6. The smallest absolute Gasteiger partial charge is 0.220 e. The molecule has 192 valence electrons. The number of imidazole rings is 1. The number of carbonyl (C=O) groups excluding carboxylic acids is 1. The van der Waals surface area contributed by atoms with E-state index in [1.165, 1.54) is 16.8 Å². The van der Waals surface area contributed by atoms with Crippen molar-refractivity contribution in [1.29, 1.82) is 0 Å². The predicted octanol–water partition coefficient (Wildman–Crippen LogP) is 7.64. The van der Waals surface area contributed by atoms with Gasteiger partial charge in [-0.3, -0.25) is 4.79 Å². The molecule has 0 radical (unpaired) electrons. The molecule has 0 atom stereocenters. The summed E-state index contributed by atoms with van der Waals surface area (Å²) in [6.45, 7) is 3.87. The highest BCUT2D eigenvalue weighted by Gasteiger charge is 2.20. The van der Waals surface area contributed by atoms with E-state index in [0.29, 0.717) is 13.0 Å². The van der Waals surface area contributed by atoms with Crippen molar-refractivity contribution in [2.24, 2.45) is 0 Å². The van der Waals surface area contributed by atoms with Gasteiger partial charge in [-0.2, -0.15) is 0 Å². The first kappa shape index (κ1) is 26.7. The normalized spacial score (nSPS) is 10.9. The van der Waals surface area contributed by atoms with Crippen LogP contribution in [0.2, 0.25) is 0 Å². The Labute approximate surface area is 225 Å². The fourth-order valence-electron chi connectivity index (χ4n) is 4.38. The number of hydrogen-bond acceptors (Lipinski definition) is 3. The van der Waals surface area contributed by atoms with Gasteiger partial charge in [-0.25, -0.2) is 4.98 Å². The maximum absolute atomic E-state index is 12.3. The van der Waals surface area contributed by atoms with Crippen LogP contribution in [0.5, 0.6) is 0 Å². The summed E-state index contributed by atoms with van der Waals surface area (Å²) in [7, 11) is 0. The molecule has 4 aromatic rings. The van der Waals surface area contributed by atoms with E-state index in [1.54, 1.807) is 0 Å². The van der Waals surface area contributed by atoms with E-state index in [2.05, 4.69) is 83.5 Å². The highest BCUT2D eigenvalue weighted by Crippen LogP contribution is 2.36. The summed E-state index contributed by atoms with van der Waals surface area (Å²) >= 11 is 1.81. The van der Waals surface area contributed by atoms with E-state index in [0.717, 1.165) is 60.8 Å². The number of rotatable bonds is 14. The summed E-state index contributed by atoms with van der Waals surface area (Å²) in [6.07, 6.45) is 5.56. The van der Waals surface area contributed by atoms with Crippen molar-refractivity contribution in [1.82, 2.24) is 14.9 Å². The van der Waals surface area contributed by atoms with Crippen LogP contribution in [0.3, 0.4) is 0 Å². The third-order valence-corrected chi connectivity index (χ3v) is 7.43. The number of aromatic nitrogens is 2. The zero-order valence-electron chi connectivity index (χ0n) is 21.7. The third-order valence-electron chi connectivity index (χ3n) is 6.37. The quantitative estimate of drug-likeness (QED) is 0.140. The average Bonchev–Trinajstić information content (AvgIpc) is 3.31. The molecule has 1 amide bonds. The van der Waals surface area contributed by atoms with Gasteiger partial charge in [0.1, 0.15) is 0 Å². The second kappa shape index (κ2) is 14.4. The highest BCUT2D eigenvalue weighted by atomic mass is 32.2. The van der Waals surface area contributed by atoms with Gasteiger partial charge in [0.2, 0.25) is 5.91 Å². The van der Waals surface area contributed by atoms with Gasteiger partial charge in [0.25, 0.3) is 0 Å². The van der Waals surface area contributed by atoms with Gasteiger partial charge in [-0.1, -0.05) is 116 Å². The number of amides is 1. The van der Waals surface area contributed by atoms with E-state index in [4.69, 9.17) is 4.98 Å². The molecule has 1 aromatic heterocycles. The van der Waals surface area contributed by atoms with Crippen LogP contribution in [0.4, 0.5) is 0 Å². The molecule has 4 nitrogen and oxygen atoms in total. The van der Waals surface area contributed by atoms with E-state index in [9.17, 15) is 4.79 Å². The largest absolute Gasteiger partial charge is 0.356 e. The van der Waals surface area contributed by atoms with Crippen molar-refractivity contribution in [2.45, 2.75) is 57.1 Å². The molecular weight excluding hydrogens is 474 g/mol. The van der Waals surface area contributed by atoms with Gasteiger partial charge in [-0.05, 0) is 31.2 Å². The molecule has 5 heteroatoms. The fraction of sp³-hybridized carbons (Fsp3) is 0.312. The SMILES string of the molecule is CCCCn1c(SCCCCC(=O)NCCc2ccccc2)nc(-c2ccccc2)c1-c1ccccc1. The first-order valence-corrected chi connectivity index (χ1v) is 14.4. The maximum atomic E-state index is 12.3. The summed E-state index contributed by atoms with van der Waals surface area (Å²) in [5, 5.41) is 4.12. The van der Waals surface area contributed by atoms with Crippen molar-refractivity contribution in [3.8, 4) is 22.5 Å². The van der Waals surface area contributed by atoms with E-state index >= 15 is 0 Å². The van der Waals surface area contributed by atoms with E-state index in [1.807, 2.05) is 36.0 Å². The molecule has 3 aromatic carbocycles. The first-order chi connectivity index (χ1) is 18.3. The Morgan fingerprint density at radius 1 is 0.838 bits per heavy atom. The number of benzene rings is 3. The first-order valence-electron chi connectivity index (χ1n) is 13.4. The fourth-order valence-corrected chi connectivity index (χ4v) is 5.41. The van der Waals surface area contributed by atoms with Crippen LogP contribution in [0.15, 0.2) is 96.2 Å². The minimum absolute atomic E-state index is 0.142. The minimum Gasteiger partial charge on any atom is -0.356 e. The van der Waals surface area contributed by atoms with Crippen molar-refractivity contribution >= 4 is 17.7 Å². The van der Waals surface area contributed by atoms with Crippen LogP contribution in [0.25, 0.3) is 22.5 Å². The van der Waals surface area contributed by atoms with Gasteiger partial charge < -0.3 is 9.88 Å². The molecule has 37 heavy (non-hydrogen) atoms. The van der Waals surface area contributed by atoms with Crippen LogP contribution >= 0.6 is 11.8 Å². The Morgan fingerprint density at radius 3 is 2.16 bits per heavy atom. The summed E-state index contributed by atoms with van der Waals surface area (Å²) in [5.74, 6) is 1.09. The van der Waals surface area contributed by atoms with Crippen LogP contribution in [0.1, 0.15) is 44.6 Å². The van der Waals surface area contributed by atoms with E-state index < -0.39 is 0 Å². The minimum atomic E-state index is 0.142. The summed E-state index contributed by atoms with van der Waals surface area (Å²) in [6, 6.07) is 31.4. The lowest BCUT2D eigenvalue weighted by Gasteiger charge is -2.12. The molecule has 0 aliphatic carbocycles. The second-order valence-electron chi connectivity index (χ2n) is 9.22. The zero-order chi connectivity index (χ0) is 25.7. The van der Waals surface area contributed by atoms with Gasteiger partial charge in [0.15, 0.2) is 5.16 Å². The van der Waals surface area contributed by atoms with Gasteiger partial charge in [-0.15, -0.1) is 0 Å². The molecule has 0 unspecified atom stereocenters. The predicted molar refractivity (Wildman–Crippen MR) is 156 cm³/mol. The molecular formula is C32H37N3OS. The molecule has 1 heterocycles.